The number of rotatable bonds is 7. The second-order valence-electron chi connectivity index (χ2n) is 10.9. The molecule has 9 nitrogen and oxygen atoms in total. The molecule has 2 aromatic carbocycles. The second-order valence-corrected chi connectivity index (χ2v) is 13.8. The van der Waals surface area contributed by atoms with E-state index in [1.54, 1.807) is 24.3 Å². The molecule has 0 radical (unpaired) electrons. The molecule has 5 rings (SSSR count). The lowest BCUT2D eigenvalue weighted by molar-refractivity contribution is -0.137. The van der Waals surface area contributed by atoms with Crippen molar-refractivity contribution < 1.29 is 31.8 Å². The molecule has 1 saturated carbocycles. The third-order valence-corrected chi connectivity index (χ3v) is 10.7. The summed E-state index contributed by atoms with van der Waals surface area (Å²) in [6, 6.07) is 12.3. The predicted octanol–water partition coefficient (Wildman–Crippen LogP) is 7.18. The van der Waals surface area contributed by atoms with Crippen molar-refractivity contribution in [2.24, 2.45) is 0 Å². The number of ether oxygens (including phenoxy) is 1. The number of hydrogen-bond acceptors (Lipinski definition) is 7. The van der Waals surface area contributed by atoms with E-state index in [2.05, 4.69) is 15.5 Å². The molecule has 13 heteroatoms. The van der Waals surface area contributed by atoms with Crippen LogP contribution < -0.4 is 15.5 Å². The molecule has 3 aromatic rings. The lowest BCUT2D eigenvalue weighted by atomic mass is 10.1. The highest BCUT2D eigenvalue weighted by Crippen LogP contribution is 2.73. The van der Waals surface area contributed by atoms with Crippen molar-refractivity contribution in [1.82, 2.24) is 9.97 Å². The maximum atomic E-state index is 12.8. The summed E-state index contributed by atoms with van der Waals surface area (Å²) in [5.74, 6) is 1.11. The number of carbonyl (C=O) groups excluding carboxylic acids is 1. The fraction of sp³-hybridized carbons (Fsp3) is 0.414. The number of morpholine rings is 1. The van der Waals surface area contributed by atoms with Crippen molar-refractivity contribution in [3.63, 3.8) is 0 Å². The van der Waals surface area contributed by atoms with Gasteiger partial charge in [-0.3, -0.25) is 9.11 Å². The van der Waals surface area contributed by atoms with Gasteiger partial charge in [0.05, 0.1) is 30.5 Å². The van der Waals surface area contributed by atoms with Crippen LogP contribution in [0.4, 0.5) is 35.2 Å². The number of nitrogens with one attached hydrogen (secondary N) is 2. The third-order valence-electron chi connectivity index (χ3n) is 7.65. The number of hydrogen-bond donors (Lipinski definition) is 4. The molecule has 226 valence electrons. The van der Waals surface area contributed by atoms with E-state index >= 15 is 0 Å². The summed E-state index contributed by atoms with van der Waals surface area (Å²) in [6.45, 7) is 7.41. The lowest BCUT2D eigenvalue weighted by Gasteiger charge is -2.44. The van der Waals surface area contributed by atoms with Gasteiger partial charge in [0, 0.05) is 34.8 Å². The van der Waals surface area contributed by atoms with Gasteiger partial charge in [0.25, 0.3) is 0 Å². The first-order chi connectivity index (χ1) is 19.8. The maximum absolute atomic E-state index is 12.8. The van der Waals surface area contributed by atoms with Crippen LogP contribution in [0.15, 0.2) is 54.6 Å². The molecule has 2 amide bonds. The number of urea groups is 1. The quantitative estimate of drug-likeness (QED) is 0.225. The molecule has 42 heavy (non-hydrogen) atoms. The molecular formula is C29H34F3N5O4S. The summed E-state index contributed by atoms with van der Waals surface area (Å²) >= 11 is 0. The van der Waals surface area contributed by atoms with Crippen LogP contribution in [-0.2, 0) is 15.7 Å². The van der Waals surface area contributed by atoms with E-state index in [0.29, 0.717) is 61.2 Å². The average molecular weight is 606 g/mol. The van der Waals surface area contributed by atoms with Crippen LogP contribution in [0.3, 0.4) is 0 Å². The molecule has 1 atom stereocenters. The Hall–Kier alpha value is -3.39. The highest BCUT2D eigenvalue weighted by molar-refractivity contribution is 8.25. The minimum atomic E-state index is -4.46. The smallest absolute Gasteiger partial charge is 0.377 e. The fourth-order valence-corrected chi connectivity index (χ4v) is 7.04. The molecular weight excluding hydrogens is 571 g/mol. The first kappa shape index (κ1) is 30.1. The van der Waals surface area contributed by atoms with Gasteiger partial charge in [0.1, 0.15) is 10.6 Å². The van der Waals surface area contributed by atoms with E-state index in [-0.39, 0.29) is 17.0 Å². The molecule has 0 unspecified atom stereocenters. The number of nitrogens with zero attached hydrogens (tertiary/aromatic N) is 3. The highest BCUT2D eigenvalue weighted by atomic mass is 32.3. The van der Waals surface area contributed by atoms with Crippen LogP contribution in [0.25, 0.3) is 11.4 Å². The topological polar surface area (TPSA) is 120 Å². The standard InChI is InChI=1S/C29H34F3N5O4S/c1-18(2)42(39,40)28(12-13-28)24-16-25(37-14-15-41-17-19(37)3)36-26(35-24)20-4-8-22(9-5-20)33-27(38)34-23-10-6-21(7-11-23)29(30,31)32/h4-11,16,18-19,39-40H,12-15,17H2,1-3H3,(H2,33,34,38)/t19-/m0/s1. The Labute approximate surface area is 243 Å². The minimum Gasteiger partial charge on any atom is -0.377 e. The molecule has 1 saturated heterocycles. The van der Waals surface area contributed by atoms with Crippen molar-refractivity contribution in [1.29, 1.82) is 0 Å². The molecule has 1 aromatic heterocycles. The average Bonchev–Trinajstić information content (AvgIpc) is 3.76. The first-order valence-corrected chi connectivity index (χ1v) is 15.3. The lowest BCUT2D eigenvalue weighted by Crippen LogP contribution is -2.44. The Balaban J connectivity index is 1.38. The molecule has 4 N–H and O–H groups in total. The monoisotopic (exact) mass is 605 g/mol. The predicted molar refractivity (Wildman–Crippen MR) is 158 cm³/mol. The summed E-state index contributed by atoms with van der Waals surface area (Å²) < 4.78 is 65.5. The number of aromatic nitrogens is 2. The van der Waals surface area contributed by atoms with Gasteiger partial charge in [-0.25, -0.2) is 14.8 Å². The van der Waals surface area contributed by atoms with E-state index in [9.17, 15) is 27.1 Å². The Morgan fingerprint density at radius 3 is 2.17 bits per heavy atom. The molecule has 2 fully saturated rings. The minimum absolute atomic E-state index is 0.0738. The van der Waals surface area contributed by atoms with Gasteiger partial charge in [0.2, 0.25) is 0 Å². The van der Waals surface area contributed by atoms with E-state index in [0.717, 1.165) is 12.1 Å². The molecule has 0 spiro atoms. The summed E-state index contributed by atoms with van der Waals surface area (Å²) in [7, 11) is -2.98. The van der Waals surface area contributed by atoms with Crippen LogP contribution in [0.1, 0.15) is 44.9 Å². The van der Waals surface area contributed by atoms with E-state index < -0.39 is 33.1 Å². The van der Waals surface area contributed by atoms with Crippen molar-refractivity contribution in [2.45, 2.75) is 55.8 Å². The van der Waals surface area contributed by atoms with E-state index in [1.807, 2.05) is 26.8 Å². The number of carbonyl (C=O) groups is 1. The fourth-order valence-electron chi connectivity index (χ4n) is 5.03. The van der Waals surface area contributed by atoms with Crippen LogP contribution in [0, 0.1) is 0 Å². The second kappa shape index (κ2) is 11.4. The van der Waals surface area contributed by atoms with Gasteiger partial charge >= 0.3 is 12.2 Å². The summed E-state index contributed by atoms with van der Waals surface area (Å²) in [6.07, 6.45) is -3.21. The zero-order valence-electron chi connectivity index (χ0n) is 23.5. The van der Waals surface area contributed by atoms with Crippen molar-refractivity contribution in [3.8, 4) is 11.4 Å². The van der Waals surface area contributed by atoms with Gasteiger partial charge < -0.3 is 20.3 Å². The summed E-state index contributed by atoms with van der Waals surface area (Å²) in [5, 5.41) is 4.85. The number of benzene rings is 2. The van der Waals surface area contributed by atoms with E-state index in [4.69, 9.17) is 14.7 Å². The van der Waals surface area contributed by atoms with Crippen LogP contribution in [0.2, 0.25) is 0 Å². The Bertz CT molecular complexity index is 1430. The highest BCUT2D eigenvalue weighted by Gasteiger charge is 2.57. The SMILES string of the molecule is CC(C)S(O)(O)C1(c2cc(N3CCOC[C@@H]3C)nc(-c3ccc(NC(=O)Nc4ccc(C(F)(F)F)cc4)cc3)n2)CC1. The molecule has 2 heterocycles. The zero-order chi connectivity index (χ0) is 30.3. The third kappa shape index (κ3) is 6.05. The van der Waals surface area contributed by atoms with Crippen LogP contribution >= 0.6 is 10.6 Å². The van der Waals surface area contributed by atoms with Gasteiger partial charge in [0.15, 0.2) is 5.82 Å². The summed E-state index contributed by atoms with van der Waals surface area (Å²) in [4.78, 5) is 24.3. The van der Waals surface area contributed by atoms with Gasteiger partial charge in [-0.2, -0.15) is 23.8 Å². The number of halogens is 3. The number of anilines is 3. The Kier molecular flexibility index (Phi) is 8.14. The Morgan fingerprint density at radius 2 is 1.64 bits per heavy atom. The zero-order valence-corrected chi connectivity index (χ0v) is 24.3. The molecule has 1 aliphatic heterocycles. The maximum Gasteiger partial charge on any atom is 0.416 e. The van der Waals surface area contributed by atoms with Crippen molar-refractivity contribution in [3.05, 3.63) is 65.9 Å². The van der Waals surface area contributed by atoms with Gasteiger partial charge in [-0.1, -0.05) is 0 Å². The Morgan fingerprint density at radius 1 is 1.05 bits per heavy atom. The van der Waals surface area contributed by atoms with E-state index in [1.165, 1.54) is 12.1 Å². The summed E-state index contributed by atoms with van der Waals surface area (Å²) in [5.41, 5.74) is 1.14. The largest absolute Gasteiger partial charge is 0.416 e. The molecule has 0 bridgehead atoms. The van der Waals surface area contributed by atoms with Crippen molar-refractivity contribution >= 4 is 33.8 Å². The van der Waals surface area contributed by atoms with Crippen molar-refractivity contribution in [2.75, 3.05) is 35.3 Å². The van der Waals surface area contributed by atoms with Gasteiger partial charge in [-0.05, 0) is 82.1 Å². The van der Waals surface area contributed by atoms with Gasteiger partial charge in [-0.15, -0.1) is 0 Å². The normalized spacial score (nSPS) is 19.0. The first-order valence-electron chi connectivity index (χ1n) is 13.7. The number of amides is 2. The van der Waals surface area contributed by atoms with Crippen LogP contribution in [-0.4, -0.2) is 56.2 Å². The molecule has 1 aliphatic carbocycles. The molecule has 2 aliphatic rings. The van der Waals surface area contributed by atoms with Crippen LogP contribution in [0.5, 0.6) is 0 Å². The number of alkyl halides is 3.